The summed E-state index contributed by atoms with van der Waals surface area (Å²) in [5, 5.41) is 4.56. The molecule has 0 aliphatic carbocycles. The van der Waals surface area contributed by atoms with Crippen LogP contribution in [-0.4, -0.2) is 45.1 Å². The second-order valence-electron chi connectivity index (χ2n) is 6.41. The van der Waals surface area contributed by atoms with E-state index in [9.17, 15) is 18.0 Å². The molecule has 5 nitrogen and oxygen atoms in total. The molecule has 25 heavy (non-hydrogen) atoms. The molecule has 2 rings (SSSR count). The minimum Gasteiger partial charge on any atom is -0.378 e. The molecule has 1 aromatic rings. The smallest absolute Gasteiger partial charge is 0.378 e. The van der Waals surface area contributed by atoms with Crippen LogP contribution in [0.2, 0.25) is 0 Å². The van der Waals surface area contributed by atoms with Crippen molar-refractivity contribution >= 4 is 17.4 Å². The van der Waals surface area contributed by atoms with Crippen molar-refractivity contribution in [2.75, 3.05) is 30.9 Å². The topological polar surface area (TPSA) is 53.6 Å². The van der Waals surface area contributed by atoms with Gasteiger partial charge in [-0.2, -0.15) is 13.2 Å². The molecule has 2 atom stereocenters. The highest BCUT2D eigenvalue weighted by molar-refractivity contribution is 5.91. The van der Waals surface area contributed by atoms with Crippen LogP contribution in [0.25, 0.3) is 0 Å². The fraction of sp³-hybridized carbons (Fsp3) is 0.588. The largest absolute Gasteiger partial charge is 0.408 e. The second kappa shape index (κ2) is 7.95. The zero-order valence-corrected chi connectivity index (χ0v) is 14.6. The summed E-state index contributed by atoms with van der Waals surface area (Å²) >= 11 is 0. The van der Waals surface area contributed by atoms with Crippen molar-refractivity contribution < 1.29 is 22.7 Å². The van der Waals surface area contributed by atoms with Crippen LogP contribution < -0.4 is 15.5 Å². The summed E-state index contributed by atoms with van der Waals surface area (Å²) < 4.78 is 44.9. The van der Waals surface area contributed by atoms with E-state index in [1.165, 1.54) is 0 Å². The van der Waals surface area contributed by atoms with Crippen molar-refractivity contribution in [1.29, 1.82) is 0 Å². The standard InChI is InChI=1S/C17H24F3N3O2/c1-11-13(7-4-8-14(11)23(2)3)21-16(24)22-15(17(18,19)20)10-12-6-5-9-25-12/h4,7-8,12,15H,5-6,9-10H2,1-3H3,(H2,21,22,24). The molecule has 2 N–H and O–H groups in total. The van der Waals surface area contributed by atoms with Gasteiger partial charge in [0.25, 0.3) is 0 Å². The first-order valence-electron chi connectivity index (χ1n) is 8.21. The van der Waals surface area contributed by atoms with Crippen molar-refractivity contribution in [3.05, 3.63) is 23.8 Å². The van der Waals surface area contributed by atoms with Crippen LogP contribution in [-0.2, 0) is 4.74 Å². The Hall–Kier alpha value is -1.96. The average Bonchev–Trinajstić information content (AvgIpc) is 3.00. The van der Waals surface area contributed by atoms with E-state index in [2.05, 4.69) is 5.32 Å². The second-order valence-corrected chi connectivity index (χ2v) is 6.41. The Kier molecular flexibility index (Phi) is 6.16. The van der Waals surface area contributed by atoms with E-state index in [4.69, 9.17) is 4.74 Å². The number of hydrogen-bond donors (Lipinski definition) is 2. The summed E-state index contributed by atoms with van der Waals surface area (Å²) in [6.45, 7) is 2.27. The number of alkyl halides is 3. The first-order valence-corrected chi connectivity index (χ1v) is 8.21. The number of halogens is 3. The van der Waals surface area contributed by atoms with Crippen LogP contribution in [0.1, 0.15) is 24.8 Å². The number of amides is 2. The van der Waals surface area contributed by atoms with Crippen molar-refractivity contribution in [3.63, 3.8) is 0 Å². The molecule has 1 fully saturated rings. The molecule has 0 spiro atoms. The number of carbonyl (C=O) groups is 1. The Morgan fingerprint density at radius 2 is 2.12 bits per heavy atom. The molecule has 1 aliphatic heterocycles. The zero-order valence-electron chi connectivity index (χ0n) is 14.6. The molecular formula is C17H24F3N3O2. The van der Waals surface area contributed by atoms with Gasteiger partial charge in [-0.05, 0) is 37.5 Å². The van der Waals surface area contributed by atoms with Gasteiger partial charge in [0.1, 0.15) is 6.04 Å². The average molecular weight is 359 g/mol. The third-order valence-electron chi connectivity index (χ3n) is 4.26. The van der Waals surface area contributed by atoms with Crippen LogP contribution >= 0.6 is 0 Å². The van der Waals surface area contributed by atoms with Crippen LogP contribution in [0.4, 0.5) is 29.3 Å². The molecule has 0 saturated carbocycles. The summed E-state index contributed by atoms with van der Waals surface area (Å²) in [5.74, 6) is 0. The number of nitrogens with one attached hydrogen (secondary N) is 2. The number of carbonyl (C=O) groups excluding carboxylic acids is 1. The predicted molar refractivity (Wildman–Crippen MR) is 91.1 cm³/mol. The monoisotopic (exact) mass is 359 g/mol. The van der Waals surface area contributed by atoms with Gasteiger partial charge in [0, 0.05) is 38.5 Å². The van der Waals surface area contributed by atoms with E-state index in [-0.39, 0.29) is 6.42 Å². The molecule has 0 aromatic heterocycles. The highest BCUT2D eigenvalue weighted by Crippen LogP contribution is 2.28. The lowest BCUT2D eigenvalue weighted by Gasteiger charge is -2.25. The number of nitrogens with zero attached hydrogens (tertiary/aromatic N) is 1. The third kappa shape index (κ3) is 5.26. The minimum absolute atomic E-state index is 0.270. The van der Waals surface area contributed by atoms with E-state index >= 15 is 0 Å². The number of ether oxygens (including phenoxy) is 1. The van der Waals surface area contributed by atoms with E-state index in [1.54, 1.807) is 19.1 Å². The highest BCUT2D eigenvalue weighted by atomic mass is 19.4. The van der Waals surface area contributed by atoms with Gasteiger partial charge in [0.05, 0.1) is 6.10 Å². The lowest BCUT2D eigenvalue weighted by Crippen LogP contribution is -2.48. The van der Waals surface area contributed by atoms with Gasteiger partial charge in [-0.15, -0.1) is 0 Å². The summed E-state index contributed by atoms with van der Waals surface area (Å²) in [4.78, 5) is 14.0. The van der Waals surface area contributed by atoms with Crippen molar-refractivity contribution in [2.24, 2.45) is 0 Å². The molecule has 1 saturated heterocycles. The molecule has 2 amide bonds. The first kappa shape index (κ1) is 19.4. The van der Waals surface area contributed by atoms with Gasteiger partial charge < -0.3 is 20.3 Å². The van der Waals surface area contributed by atoms with Crippen LogP contribution in [0.5, 0.6) is 0 Å². The number of anilines is 2. The lowest BCUT2D eigenvalue weighted by molar-refractivity contribution is -0.159. The molecule has 8 heteroatoms. The maximum Gasteiger partial charge on any atom is 0.408 e. The van der Waals surface area contributed by atoms with Gasteiger partial charge in [-0.25, -0.2) is 4.79 Å². The molecule has 0 bridgehead atoms. The number of urea groups is 1. The van der Waals surface area contributed by atoms with E-state index in [1.807, 2.05) is 30.4 Å². The zero-order chi connectivity index (χ0) is 18.6. The van der Waals surface area contributed by atoms with Gasteiger partial charge in [0.15, 0.2) is 0 Å². The Balaban J connectivity index is 2.04. The van der Waals surface area contributed by atoms with Gasteiger partial charge in [-0.3, -0.25) is 0 Å². The van der Waals surface area contributed by atoms with Crippen LogP contribution in [0, 0.1) is 6.92 Å². The Morgan fingerprint density at radius 3 is 2.68 bits per heavy atom. The van der Waals surface area contributed by atoms with E-state index < -0.39 is 24.4 Å². The summed E-state index contributed by atoms with van der Waals surface area (Å²) in [6.07, 6.45) is -3.93. The normalized spacial score (nSPS) is 18.7. The molecule has 0 radical (unpaired) electrons. The maximum atomic E-state index is 13.2. The third-order valence-corrected chi connectivity index (χ3v) is 4.26. The Bertz CT molecular complexity index is 599. The van der Waals surface area contributed by atoms with E-state index in [0.717, 1.165) is 17.7 Å². The summed E-state index contributed by atoms with van der Waals surface area (Å²) in [7, 11) is 3.71. The Morgan fingerprint density at radius 1 is 1.40 bits per heavy atom. The molecule has 2 unspecified atom stereocenters. The molecule has 1 heterocycles. The van der Waals surface area contributed by atoms with E-state index in [0.29, 0.717) is 18.7 Å². The number of rotatable bonds is 5. The van der Waals surface area contributed by atoms with Gasteiger partial charge in [-0.1, -0.05) is 6.07 Å². The first-order chi connectivity index (χ1) is 11.7. The molecular weight excluding hydrogens is 335 g/mol. The Labute approximate surface area is 145 Å². The lowest BCUT2D eigenvalue weighted by atomic mass is 10.1. The molecule has 140 valence electrons. The fourth-order valence-corrected chi connectivity index (χ4v) is 2.93. The van der Waals surface area contributed by atoms with Gasteiger partial charge >= 0.3 is 12.2 Å². The van der Waals surface area contributed by atoms with Gasteiger partial charge in [0.2, 0.25) is 0 Å². The number of benzene rings is 1. The summed E-state index contributed by atoms with van der Waals surface area (Å²) in [5.41, 5.74) is 2.14. The molecule has 1 aliphatic rings. The van der Waals surface area contributed by atoms with Crippen LogP contribution in [0.3, 0.4) is 0 Å². The predicted octanol–water partition coefficient (Wildman–Crippen LogP) is 3.68. The minimum atomic E-state index is -4.52. The fourth-order valence-electron chi connectivity index (χ4n) is 2.93. The van der Waals surface area contributed by atoms with Crippen molar-refractivity contribution in [3.8, 4) is 0 Å². The SMILES string of the molecule is Cc1c(NC(=O)NC(CC2CCCO2)C(F)(F)F)cccc1N(C)C. The van der Waals surface area contributed by atoms with Crippen molar-refractivity contribution in [1.82, 2.24) is 5.32 Å². The molecule has 1 aromatic carbocycles. The number of hydrogen-bond acceptors (Lipinski definition) is 3. The summed E-state index contributed by atoms with van der Waals surface area (Å²) in [6, 6.07) is 2.46. The van der Waals surface area contributed by atoms with Crippen molar-refractivity contribution in [2.45, 2.75) is 44.5 Å². The quantitative estimate of drug-likeness (QED) is 0.843. The maximum absolute atomic E-state index is 13.2. The highest BCUT2D eigenvalue weighted by Gasteiger charge is 2.42. The van der Waals surface area contributed by atoms with Crippen LogP contribution in [0.15, 0.2) is 18.2 Å².